The van der Waals surface area contributed by atoms with Crippen LogP contribution in [0.15, 0.2) is 72.8 Å². The summed E-state index contributed by atoms with van der Waals surface area (Å²) in [7, 11) is 0. The van der Waals surface area contributed by atoms with Gasteiger partial charge in [0.05, 0.1) is 11.3 Å². The third kappa shape index (κ3) is 8.57. The first kappa shape index (κ1) is 36.9. The van der Waals surface area contributed by atoms with Gasteiger partial charge in [-0.15, -0.1) is 41.0 Å². The van der Waals surface area contributed by atoms with Crippen molar-refractivity contribution in [2.75, 3.05) is 0 Å². The maximum absolute atomic E-state index is 11.7. The number of allylic oxidation sites excluding steroid dienone is 2. The number of aliphatic hydroxyl groups is 1. The molecular weight excluding hydrogens is 777 g/mol. The van der Waals surface area contributed by atoms with Gasteiger partial charge < -0.3 is 5.11 Å². The molecule has 47 heavy (non-hydrogen) atoms. The largest absolute Gasteiger partial charge is 0.512 e. The van der Waals surface area contributed by atoms with Gasteiger partial charge in [0.25, 0.3) is 0 Å². The third-order valence-electron chi connectivity index (χ3n) is 10.1. The molecule has 6 heteroatoms. The molecule has 4 nitrogen and oxygen atoms in total. The van der Waals surface area contributed by atoms with Gasteiger partial charge in [0.2, 0.25) is 0 Å². The number of carbonyl (C=O) groups excluding carboxylic acids is 1. The normalized spacial score (nSPS) is 15.2. The summed E-state index contributed by atoms with van der Waals surface area (Å²) >= 11 is 1.82. The number of rotatable bonds is 9. The molecule has 0 bridgehead atoms. The Bertz CT molecular complexity index is 1820. The molecule has 0 unspecified atom stereocenters. The van der Waals surface area contributed by atoms with E-state index in [1.54, 1.807) is 6.33 Å². The van der Waals surface area contributed by atoms with Crippen LogP contribution in [0.4, 0.5) is 0 Å². The van der Waals surface area contributed by atoms with Crippen LogP contribution >= 0.6 is 11.3 Å². The van der Waals surface area contributed by atoms with Crippen molar-refractivity contribution in [3.05, 3.63) is 84.4 Å². The summed E-state index contributed by atoms with van der Waals surface area (Å²) in [5.74, 6) is 1.23. The van der Waals surface area contributed by atoms with Gasteiger partial charge in [-0.25, -0.2) is 4.98 Å². The Kier molecular flexibility index (Phi) is 12.9. The molecule has 0 spiro atoms. The Morgan fingerprint density at radius 1 is 0.957 bits per heavy atom. The zero-order valence-corrected chi connectivity index (χ0v) is 31.9. The molecule has 3 aromatic carbocycles. The first-order valence-corrected chi connectivity index (χ1v) is 18.0. The van der Waals surface area contributed by atoms with Crippen molar-refractivity contribution in [2.24, 2.45) is 17.3 Å². The van der Waals surface area contributed by atoms with E-state index in [-0.39, 0.29) is 43.5 Å². The zero-order valence-electron chi connectivity index (χ0n) is 28.7. The van der Waals surface area contributed by atoms with E-state index in [1.165, 1.54) is 52.8 Å². The number of aliphatic hydroxyl groups excluding tert-OH is 1. The Balaban J connectivity index is 0.000000269. The number of ketones is 1. The number of fused-ring (bicyclic) bond motifs is 4. The molecule has 1 fully saturated rings. The van der Waals surface area contributed by atoms with Crippen molar-refractivity contribution in [1.82, 2.24) is 9.97 Å². The van der Waals surface area contributed by atoms with Crippen molar-refractivity contribution in [2.45, 2.75) is 98.8 Å². The SMILES string of the molecule is CC1(C)CCC(c2ccc3c(c2)sc2c(-c4[c-]c5ccccc5cc4)ncnc23)CC1.CCC(CC)C(=O)/C=C(\O)C(CC)CC.[Ir]. The van der Waals surface area contributed by atoms with Crippen LogP contribution in [0.2, 0.25) is 0 Å². The van der Waals surface area contributed by atoms with E-state index < -0.39 is 0 Å². The first-order chi connectivity index (χ1) is 22.2. The minimum atomic E-state index is 0. The fourth-order valence-corrected chi connectivity index (χ4v) is 8.01. The van der Waals surface area contributed by atoms with E-state index >= 15 is 0 Å². The van der Waals surface area contributed by atoms with Crippen LogP contribution in [0, 0.1) is 23.3 Å². The average Bonchev–Trinajstić information content (AvgIpc) is 3.44. The summed E-state index contributed by atoms with van der Waals surface area (Å²) in [6.07, 6.45) is 11.8. The molecule has 0 saturated heterocycles. The van der Waals surface area contributed by atoms with Crippen LogP contribution in [0.3, 0.4) is 0 Å². The molecule has 1 saturated carbocycles. The van der Waals surface area contributed by atoms with Gasteiger partial charge in [-0.1, -0.05) is 82.8 Å². The van der Waals surface area contributed by atoms with Crippen LogP contribution in [0.5, 0.6) is 0 Å². The maximum atomic E-state index is 11.7. The Labute approximate surface area is 298 Å². The van der Waals surface area contributed by atoms with Gasteiger partial charge in [-0.05, 0) is 74.3 Å². The van der Waals surface area contributed by atoms with Crippen LogP contribution in [0.25, 0.3) is 42.3 Å². The third-order valence-corrected chi connectivity index (χ3v) is 11.2. The predicted octanol–water partition coefficient (Wildman–Crippen LogP) is 12.0. The Morgan fingerprint density at radius 3 is 2.32 bits per heavy atom. The molecule has 0 aliphatic heterocycles. The van der Waals surface area contributed by atoms with Crippen molar-refractivity contribution in [3.63, 3.8) is 0 Å². The minimum absolute atomic E-state index is 0. The smallest absolute Gasteiger partial charge is 0.162 e. The maximum Gasteiger partial charge on any atom is 0.162 e. The summed E-state index contributed by atoms with van der Waals surface area (Å²) in [4.78, 5) is 21.1. The van der Waals surface area contributed by atoms with E-state index in [4.69, 9.17) is 0 Å². The summed E-state index contributed by atoms with van der Waals surface area (Å²) in [6, 6.07) is 23.2. The quantitative estimate of drug-likeness (QED) is 0.0913. The average molecular weight is 826 g/mol. The molecule has 6 rings (SSSR count). The number of hydrogen-bond donors (Lipinski definition) is 1. The minimum Gasteiger partial charge on any atom is -0.512 e. The van der Waals surface area contributed by atoms with Crippen molar-refractivity contribution < 1.29 is 30.0 Å². The number of thiophene rings is 1. The van der Waals surface area contributed by atoms with Crippen LogP contribution in [0.1, 0.15) is 104 Å². The first-order valence-electron chi connectivity index (χ1n) is 17.2. The summed E-state index contributed by atoms with van der Waals surface area (Å²) in [5, 5.41) is 13.3. The second-order valence-electron chi connectivity index (χ2n) is 13.7. The molecule has 2 heterocycles. The number of carbonyl (C=O) groups is 1. The molecular formula is C41H49IrN2O2S-. The monoisotopic (exact) mass is 826 g/mol. The van der Waals surface area contributed by atoms with Crippen molar-refractivity contribution in [1.29, 1.82) is 0 Å². The zero-order chi connectivity index (χ0) is 32.8. The molecule has 0 amide bonds. The van der Waals surface area contributed by atoms with Gasteiger partial charge in [-0.2, -0.15) is 0 Å². The molecule has 2 aromatic heterocycles. The van der Waals surface area contributed by atoms with E-state index in [0.29, 0.717) is 11.3 Å². The molecule has 0 atom stereocenters. The van der Waals surface area contributed by atoms with Crippen LogP contribution < -0.4 is 0 Å². The number of benzene rings is 3. The molecule has 1 aliphatic carbocycles. The molecule has 1 N–H and O–H groups in total. The summed E-state index contributed by atoms with van der Waals surface area (Å²) < 4.78 is 2.48. The molecule has 1 aliphatic rings. The van der Waals surface area contributed by atoms with E-state index in [1.807, 2.05) is 39.0 Å². The fraction of sp³-hybridized carbons (Fsp3) is 0.439. The molecule has 5 aromatic rings. The van der Waals surface area contributed by atoms with E-state index in [9.17, 15) is 9.90 Å². The molecule has 251 valence electrons. The van der Waals surface area contributed by atoms with E-state index in [2.05, 4.69) is 84.5 Å². The van der Waals surface area contributed by atoms with Gasteiger partial charge in [0.15, 0.2) is 5.78 Å². The van der Waals surface area contributed by atoms with E-state index in [0.717, 1.165) is 52.5 Å². The number of nitrogens with zero attached hydrogens (tertiary/aromatic N) is 2. The fourth-order valence-electron chi connectivity index (χ4n) is 6.80. The second-order valence-corrected chi connectivity index (χ2v) is 14.7. The van der Waals surface area contributed by atoms with Gasteiger partial charge in [0.1, 0.15) is 6.33 Å². The molecule has 1 radical (unpaired) electrons. The Hall–Kier alpha value is -2.92. The topological polar surface area (TPSA) is 63.1 Å². The standard InChI is InChI=1S/C28H25N2S.C13H24O2.Ir/c1-28(2)13-11-19(12-14-28)21-9-10-23-24(16-21)31-27-25(29-17-30-26(23)27)22-8-7-18-5-3-4-6-20(18)15-22;1-5-10(6-2)12(14)9-13(15)11(7-3)8-4;/h3-10,16-17,19H,11-14H2,1-2H3;9-11,14H,5-8H2,1-4H3;/q-1;;/b;12-9-;. The predicted molar refractivity (Wildman–Crippen MR) is 196 cm³/mol. The number of hydrogen-bond acceptors (Lipinski definition) is 5. The number of aromatic nitrogens is 2. The van der Waals surface area contributed by atoms with Gasteiger partial charge >= 0.3 is 0 Å². The van der Waals surface area contributed by atoms with Gasteiger partial charge in [0, 0.05) is 58.5 Å². The summed E-state index contributed by atoms with van der Waals surface area (Å²) in [6.45, 7) is 12.9. The van der Waals surface area contributed by atoms with Gasteiger partial charge in [-0.3, -0.25) is 9.78 Å². The van der Waals surface area contributed by atoms with Crippen LogP contribution in [-0.2, 0) is 24.9 Å². The van der Waals surface area contributed by atoms with Crippen LogP contribution in [-0.4, -0.2) is 20.9 Å². The van der Waals surface area contributed by atoms with Crippen molar-refractivity contribution >= 4 is 48.2 Å². The summed E-state index contributed by atoms with van der Waals surface area (Å²) in [5.41, 5.74) is 5.06. The van der Waals surface area contributed by atoms with Crippen molar-refractivity contribution in [3.8, 4) is 11.3 Å². The second kappa shape index (κ2) is 16.5. The Morgan fingerprint density at radius 2 is 1.64 bits per heavy atom.